The number of esters is 1. The quantitative estimate of drug-likeness (QED) is 0.348. The third-order valence-electron chi connectivity index (χ3n) is 2.59. The van der Waals surface area contributed by atoms with Gasteiger partial charge in [-0.05, 0) is 64.2 Å². The van der Waals surface area contributed by atoms with E-state index in [0.29, 0.717) is 14.9 Å². The molecule has 0 saturated carbocycles. The number of carbonyl (C=O) groups excluding carboxylic acids is 1. The fourth-order valence-electron chi connectivity index (χ4n) is 1.77. The fourth-order valence-corrected chi connectivity index (χ4v) is 5.23. The summed E-state index contributed by atoms with van der Waals surface area (Å²) in [4.78, 5) is 11.7. The highest BCUT2D eigenvalue weighted by Gasteiger charge is 2.41. The van der Waals surface area contributed by atoms with Gasteiger partial charge < -0.3 is 8.92 Å². The van der Waals surface area contributed by atoms with E-state index in [0.717, 1.165) is 3.57 Å². The van der Waals surface area contributed by atoms with E-state index in [4.69, 9.17) is 8.92 Å². The second-order valence-electron chi connectivity index (χ2n) is 3.90. The van der Waals surface area contributed by atoms with Crippen LogP contribution in [0.1, 0.15) is 12.5 Å². The van der Waals surface area contributed by atoms with Gasteiger partial charge in [0.1, 0.15) is 0 Å². The van der Waals surface area contributed by atoms with E-state index in [-0.39, 0.29) is 13.0 Å². The van der Waals surface area contributed by atoms with E-state index in [1.807, 2.05) is 34.7 Å². The summed E-state index contributed by atoms with van der Waals surface area (Å²) in [6.07, 6.45) is 0.0866. The normalized spacial score (nSPS) is 20.3. The molecule has 1 atom stereocenters. The van der Waals surface area contributed by atoms with Crippen molar-refractivity contribution in [2.75, 3.05) is 6.61 Å². The minimum atomic E-state index is -3.98. The fraction of sp³-hybridized carbons (Fsp3) is 0.364. The lowest BCUT2D eigenvalue weighted by atomic mass is 10.1. The maximum Gasteiger partial charge on any atom is 0.328 e. The van der Waals surface area contributed by atoms with Crippen LogP contribution in [0.2, 0.25) is 0 Å². The van der Waals surface area contributed by atoms with E-state index >= 15 is 0 Å². The number of rotatable bonds is 2. The average Bonchev–Trinajstić information content (AvgIpc) is 2.29. The van der Waals surface area contributed by atoms with E-state index in [2.05, 4.69) is 22.6 Å². The van der Waals surface area contributed by atoms with Gasteiger partial charge in [0, 0.05) is 15.6 Å². The summed E-state index contributed by atoms with van der Waals surface area (Å²) in [5.74, 6) is -0.441. The molecule has 19 heavy (non-hydrogen) atoms. The molecule has 1 aliphatic heterocycles. The van der Waals surface area contributed by atoms with Crippen LogP contribution in [0.5, 0.6) is 5.75 Å². The summed E-state index contributed by atoms with van der Waals surface area (Å²) in [6, 6.07) is 3.64. The molecule has 0 fully saturated rings. The smallest absolute Gasteiger partial charge is 0.328 e. The number of benzene rings is 1. The van der Waals surface area contributed by atoms with Crippen LogP contribution in [-0.2, 0) is 26.1 Å². The monoisotopic (exact) mass is 508 g/mol. The van der Waals surface area contributed by atoms with Crippen LogP contribution in [0.4, 0.5) is 0 Å². The van der Waals surface area contributed by atoms with Crippen LogP contribution in [0.15, 0.2) is 12.1 Å². The third kappa shape index (κ3) is 3.15. The lowest BCUT2D eigenvalue weighted by Crippen LogP contribution is -2.40. The molecule has 104 valence electrons. The molecule has 1 heterocycles. The lowest BCUT2D eigenvalue weighted by molar-refractivity contribution is -0.142. The molecule has 1 unspecified atom stereocenters. The Morgan fingerprint density at radius 2 is 2.16 bits per heavy atom. The molecule has 0 radical (unpaired) electrons. The van der Waals surface area contributed by atoms with Gasteiger partial charge in [0.05, 0.1) is 10.2 Å². The summed E-state index contributed by atoms with van der Waals surface area (Å²) in [7, 11) is -3.98. The van der Waals surface area contributed by atoms with Crippen molar-refractivity contribution >= 4 is 61.3 Å². The van der Waals surface area contributed by atoms with Crippen LogP contribution in [-0.4, -0.2) is 26.2 Å². The SMILES string of the molecule is CCOC(=O)C1Cc2cc(I)cc(I)c2OS1(=O)=O. The third-order valence-corrected chi connectivity index (χ3v) is 5.47. The van der Waals surface area contributed by atoms with Gasteiger partial charge in [0.2, 0.25) is 0 Å². The summed E-state index contributed by atoms with van der Waals surface area (Å²) >= 11 is 4.15. The van der Waals surface area contributed by atoms with Crippen molar-refractivity contribution in [1.82, 2.24) is 0 Å². The van der Waals surface area contributed by atoms with Gasteiger partial charge in [-0.3, -0.25) is 4.79 Å². The molecule has 1 aromatic carbocycles. The second-order valence-corrected chi connectivity index (χ2v) is 8.03. The molecule has 2 rings (SSSR count). The molecule has 1 aliphatic rings. The standard InChI is InChI=1S/C11H10I2O5S/c1-2-17-11(14)9-4-6-3-7(12)5-8(13)10(6)18-19(9,15)16/h3,5,9H,2,4H2,1H3. The maximum absolute atomic E-state index is 12.0. The van der Waals surface area contributed by atoms with Crippen molar-refractivity contribution in [2.45, 2.75) is 18.6 Å². The highest BCUT2D eigenvalue weighted by atomic mass is 127. The zero-order valence-electron chi connectivity index (χ0n) is 9.85. The first-order valence-corrected chi connectivity index (χ1v) is 9.06. The Morgan fingerprint density at radius 1 is 1.47 bits per heavy atom. The molecule has 0 saturated heterocycles. The number of ether oxygens (including phenoxy) is 1. The minimum Gasteiger partial charge on any atom is -0.465 e. The Balaban J connectivity index is 2.45. The Morgan fingerprint density at radius 3 is 2.79 bits per heavy atom. The van der Waals surface area contributed by atoms with Crippen molar-refractivity contribution in [3.8, 4) is 5.75 Å². The van der Waals surface area contributed by atoms with Crippen LogP contribution in [0, 0.1) is 7.14 Å². The van der Waals surface area contributed by atoms with Crippen molar-refractivity contribution in [3.63, 3.8) is 0 Å². The van der Waals surface area contributed by atoms with Crippen LogP contribution in [0.3, 0.4) is 0 Å². The number of hydrogen-bond donors (Lipinski definition) is 0. The minimum absolute atomic E-state index is 0.0866. The van der Waals surface area contributed by atoms with Crippen molar-refractivity contribution in [3.05, 3.63) is 24.8 Å². The molecule has 0 N–H and O–H groups in total. The second kappa shape index (κ2) is 5.72. The van der Waals surface area contributed by atoms with Gasteiger partial charge in [0.15, 0.2) is 11.0 Å². The van der Waals surface area contributed by atoms with Gasteiger partial charge >= 0.3 is 16.1 Å². The number of carbonyl (C=O) groups is 1. The van der Waals surface area contributed by atoms with E-state index < -0.39 is 21.3 Å². The van der Waals surface area contributed by atoms with E-state index in [1.54, 1.807) is 6.92 Å². The predicted octanol–water partition coefficient (Wildman–Crippen LogP) is 2.09. The maximum atomic E-state index is 12.0. The molecule has 0 amide bonds. The van der Waals surface area contributed by atoms with Gasteiger partial charge in [0.25, 0.3) is 0 Å². The summed E-state index contributed by atoms with van der Waals surface area (Å²) in [5, 5.41) is -1.28. The largest absolute Gasteiger partial charge is 0.465 e. The molecule has 8 heteroatoms. The molecule has 1 aromatic rings. The Hall–Kier alpha value is -0.100. The summed E-state index contributed by atoms with van der Waals surface area (Å²) in [5.41, 5.74) is 0.712. The molecule has 0 aliphatic carbocycles. The molecular formula is C11H10I2O5S. The van der Waals surface area contributed by atoms with Crippen molar-refractivity contribution in [1.29, 1.82) is 0 Å². The highest BCUT2D eigenvalue weighted by molar-refractivity contribution is 14.1. The molecular weight excluding hydrogens is 498 g/mol. The summed E-state index contributed by atoms with van der Waals surface area (Å²) in [6.45, 7) is 1.77. The number of fused-ring (bicyclic) bond motifs is 1. The first-order valence-electron chi connectivity index (χ1n) is 5.43. The number of hydrogen-bond acceptors (Lipinski definition) is 5. The summed E-state index contributed by atoms with van der Waals surface area (Å²) < 4.78 is 35.5. The van der Waals surface area contributed by atoms with Crippen LogP contribution in [0.25, 0.3) is 0 Å². The molecule has 0 bridgehead atoms. The van der Waals surface area contributed by atoms with Gasteiger partial charge in [-0.15, -0.1) is 0 Å². The zero-order valence-corrected chi connectivity index (χ0v) is 15.0. The molecule has 0 aromatic heterocycles. The molecule has 0 spiro atoms. The van der Waals surface area contributed by atoms with Gasteiger partial charge in [-0.1, -0.05) is 0 Å². The van der Waals surface area contributed by atoms with E-state index in [1.165, 1.54) is 0 Å². The van der Waals surface area contributed by atoms with Gasteiger partial charge in [-0.2, -0.15) is 8.42 Å². The zero-order chi connectivity index (χ0) is 14.2. The Kier molecular flexibility index (Phi) is 4.60. The van der Waals surface area contributed by atoms with Crippen LogP contribution < -0.4 is 4.18 Å². The first kappa shape index (κ1) is 15.3. The lowest BCUT2D eigenvalue weighted by Gasteiger charge is -2.24. The first-order chi connectivity index (χ1) is 8.85. The van der Waals surface area contributed by atoms with Crippen molar-refractivity contribution < 1.29 is 22.1 Å². The predicted molar refractivity (Wildman–Crippen MR) is 85.5 cm³/mol. The Labute approximate surface area is 138 Å². The topological polar surface area (TPSA) is 69.7 Å². The van der Waals surface area contributed by atoms with Crippen molar-refractivity contribution in [2.24, 2.45) is 0 Å². The Bertz CT molecular complexity index is 626. The molecule has 5 nitrogen and oxygen atoms in total. The number of halogens is 2. The highest BCUT2D eigenvalue weighted by Crippen LogP contribution is 2.35. The average molecular weight is 508 g/mol. The van der Waals surface area contributed by atoms with Gasteiger partial charge in [-0.25, -0.2) is 0 Å². The van der Waals surface area contributed by atoms with E-state index in [9.17, 15) is 13.2 Å². The van der Waals surface area contributed by atoms with Crippen LogP contribution >= 0.6 is 45.2 Å².